The van der Waals surface area contributed by atoms with E-state index in [0.29, 0.717) is 183 Å². The Balaban J connectivity index is 1.29. The van der Waals surface area contributed by atoms with Gasteiger partial charge in [0.1, 0.15) is 6.07 Å². The third-order valence-corrected chi connectivity index (χ3v) is 17.8. The minimum Gasteiger partial charge on any atom is -0.306 e. The average Bonchev–Trinajstić information content (AvgIpc) is 1.44. The van der Waals surface area contributed by atoms with E-state index < -0.39 is 0 Å². The number of fused-ring (bicyclic) bond motifs is 12. The molecule has 0 unspecified atom stereocenters. The molecule has 0 spiro atoms. The maximum absolute atomic E-state index is 13.2. The van der Waals surface area contributed by atoms with Gasteiger partial charge in [-0.05, 0) is 158 Å². The van der Waals surface area contributed by atoms with Gasteiger partial charge in [0.2, 0.25) is 0 Å². The zero-order valence-electron chi connectivity index (χ0n) is 49.0. The molecular formula is C80H36N14. The van der Waals surface area contributed by atoms with E-state index in [1.165, 1.54) is 0 Å². The molecule has 0 aliphatic rings. The molecular weight excluding hydrogens is 1160 g/mol. The normalized spacial score (nSPS) is 11.1. The predicted octanol–water partition coefficient (Wildman–Crippen LogP) is 17.3. The van der Waals surface area contributed by atoms with Gasteiger partial charge < -0.3 is 18.3 Å². The number of aromatic nitrogens is 5. The molecule has 0 amide bonds. The lowest BCUT2D eigenvalue weighted by molar-refractivity contribution is 1.02. The standard InChI is InChI=1S/C80H36N14/c81-37-46-11-21-67-57(29-46)58-30-47(38-82)12-22-68(58)91(67)77-65(45-89)75(56-19-20-66(54-7-3-1-4-8-54)90-76(56)55-9-5-2-6-10-55)78(92-69-23-13-48(39-83)31-59(69)60-32-49(40-84)14-24-70(60)92)80(94-73-27-17-52(43-87)35-63(73)64-36-53(44-88)18-28-74(64)94)79(77)93-71-25-15-50(41-85)33-61(71)62-34-51(42-86)16-26-72(62)93/h1-36H. The lowest BCUT2D eigenvalue weighted by Gasteiger charge is -2.30. The van der Waals surface area contributed by atoms with E-state index in [4.69, 9.17) is 4.98 Å². The Hall–Kier alpha value is -14.8. The van der Waals surface area contributed by atoms with Crippen molar-refractivity contribution < 1.29 is 0 Å². The second-order valence-electron chi connectivity index (χ2n) is 22.7. The Morgan fingerprint density at radius 2 is 0.511 bits per heavy atom. The topological polar surface area (TPSA) is 247 Å². The van der Waals surface area contributed by atoms with E-state index in [-0.39, 0.29) is 5.56 Å². The van der Waals surface area contributed by atoms with Crippen LogP contribution in [0.3, 0.4) is 0 Å². The van der Waals surface area contributed by atoms with Gasteiger partial charge in [-0.2, -0.15) is 47.4 Å². The highest BCUT2D eigenvalue weighted by molar-refractivity contribution is 6.18. The fourth-order valence-corrected chi connectivity index (χ4v) is 13.8. The molecule has 94 heavy (non-hydrogen) atoms. The molecule has 0 aliphatic heterocycles. The minimum absolute atomic E-state index is 0.113. The number of hydrogen-bond acceptors (Lipinski definition) is 10. The lowest BCUT2D eigenvalue weighted by Crippen LogP contribution is -2.17. The summed E-state index contributed by atoms with van der Waals surface area (Å²) >= 11 is 0. The molecule has 0 radical (unpaired) electrons. The van der Waals surface area contributed by atoms with E-state index in [1.807, 2.05) is 126 Å². The molecule has 14 nitrogen and oxygen atoms in total. The summed E-state index contributed by atoms with van der Waals surface area (Å²) in [5, 5.41) is 104. The third-order valence-electron chi connectivity index (χ3n) is 17.8. The quantitative estimate of drug-likeness (QED) is 0.146. The second kappa shape index (κ2) is 21.2. The second-order valence-corrected chi connectivity index (χ2v) is 22.7. The molecule has 0 saturated carbocycles. The molecule has 0 fully saturated rings. The van der Waals surface area contributed by atoms with E-state index in [1.54, 1.807) is 97.1 Å². The first-order valence-electron chi connectivity index (χ1n) is 29.5. The molecule has 0 atom stereocenters. The first-order chi connectivity index (χ1) is 46.2. The molecule has 16 aromatic rings. The van der Waals surface area contributed by atoms with E-state index in [0.717, 1.165) is 5.56 Å². The summed E-state index contributed by atoms with van der Waals surface area (Å²) in [6.07, 6.45) is 0. The van der Waals surface area contributed by atoms with Crippen molar-refractivity contribution in [3.63, 3.8) is 0 Å². The van der Waals surface area contributed by atoms with Crippen LogP contribution >= 0.6 is 0 Å². The van der Waals surface area contributed by atoms with Crippen LogP contribution in [0.1, 0.15) is 50.1 Å². The van der Waals surface area contributed by atoms with Crippen LogP contribution in [0.5, 0.6) is 0 Å². The van der Waals surface area contributed by atoms with Gasteiger partial charge in [-0.25, -0.2) is 4.98 Å². The maximum atomic E-state index is 13.2. The summed E-state index contributed by atoms with van der Waals surface area (Å²) in [5.41, 5.74) is 12.4. The number of benzene rings is 11. The van der Waals surface area contributed by atoms with E-state index in [2.05, 4.69) is 68.3 Å². The highest BCUT2D eigenvalue weighted by Gasteiger charge is 2.37. The van der Waals surface area contributed by atoms with Crippen LogP contribution < -0.4 is 0 Å². The zero-order valence-corrected chi connectivity index (χ0v) is 49.0. The molecule has 0 aliphatic carbocycles. The van der Waals surface area contributed by atoms with Crippen molar-refractivity contribution in [2.75, 3.05) is 0 Å². The third kappa shape index (κ3) is 8.03. The smallest absolute Gasteiger partial charge is 0.102 e. The molecule has 0 N–H and O–H groups in total. The van der Waals surface area contributed by atoms with Gasteiger partial charge in [0.25, 0.3) is 0 Å². The number of nitrogens with zero attached hydrogens (tertiary/aromatic N) is 14. The van der Waals surface area contributed by atoms with Crippen molar-refractivity contribution in [2.45, 2.75) is 0 Å². The van der Waals surface area contributed by atoms with Crippen molar-refractivity contribution >= 4 is 87.2 Å². The Bertz CT molecular complexity index is 6240. The summed E-state index contributed by atoms with van der Waals surface area (Å²) in [4.78, 5) is 5.62. The zero-order chi connectivity index (χ0) is 64.0. The summed E-state index contributed by atoms with van der Waals surface area (Å²) < 4.78 is 8.25. The van der Waals surface area contributed by atoms with Crippen LogP contribution in [-0.4, -0.2) is 23.3 Å². The van der Waals surface area contributed by atoms with Gasteiger partial charge in [0, 0.05) is 65.3 Å². The molecule has 0 saturated heterocycles. The van der Waals surface area contributed by atoms with Crippen molar-refractivity contribution in [3.05, 3.63) is 268 Å². The number of hydrogen-bond donors (Lipinski definition) is 0. The van der Waals surface area contributed by atoms with Crippen LogP contribution in [-0.2, 0) is 0 Å². The maximum Gasteiger partial charge on any atom is 0.102 e. The first-order valence-corrected chi connectivity index (χ1v) is 29.5. The van der Waals surface area contributed by atoms with E-state index in [9.17, 15) is 47.4 Å². The molecule has 11 aromatic carbocycles. The van der Waals surface area contributed by atoms with Crippen molar-refractivity contribution in [3.8, 4) is 111 Å². The first kappa shape index (κ1) is 54.6. The number of pyridine rings is 1. The van der Waals surface area contributed by atoms with Gasteiger partial charge >= 0.3 is 0 Å². The molecule has 5 heterocycles. The van der Waals surface area contributed by atoms with Crippen LogP contribution in [0.25, 0.3) is 144 Å². The van der Waals surface area contributed by atoms with Crippen LogP contribution in [0.4, 0.5) is 0 Å². The van der Waals surface area contributed by atoms with Crippen molar-refractivity contribution in [1.29, 1.82) is 47.4 Å². The summed E-state index contributed by atoms with van der Waals surface area (Å²) in [6, 6.07) is 88.0. The minimum atomic E-state index is 0.113. The lowest BCUT2D eigenvalue weighted by atomic mass is 9.89. The highest BCUT2D eigenvalue weighted by atomic mass is 15.1. The molecule has 426 valence electrons. The van der Waals surface area contributed by atoms with E-state index >= 15 is 0 Å². The SMILES string of the molecule is N#Cc1ccc2c(c1)c1cc(C#N)ccc1n2-c1c(C#N)c(-c2ccc(-c3ccccc3)nc2-c2ccccc2)c(-n2c3ccc(C#N)cc3c3cc(C#N)ccc32)c(-n2c3ccc(C#N)cc3c3cc(C#N)ccc32)c1-n1c2ccc(C#N)cc2c2cc(C#N)ccc21. The Morgan fingerprint density at radius 1 is 0.245 bits per heavy atom. The summed E-state index contributed by atoms with van der Waals surface area (Å²) in [5.74, 6) is 0. The number of rotatable bonds is 7. The van der Waals surface area contributed by atoms with Crippen LogP contribution in [0.2, 0.25) is 0 Å². The monoisotopic (exact) mass is 1190 g/mol. The Labute approximate surface area is 534 Å². The van der Waals surface area contributed by atoms with Crippen molar-refractivity contribution in [1.82, 2.24) is 23.3 Å². The fraction of sp³-hybridized carbons (Fsp3) is 0. The summed E-state index contributed by atoms with van der Waals surface area (Å²) in [6.45, 7) is 0. The largest absolute Gasteiger partial charge is 0.306 e. The Morgan fingerprint density at radius 3 is 0.798 bits per heavy atom. The number of nitriles is 9. The molecule has 5 aromatic heterocycles. The fourth-order valence-electron chi connectivity index (χ4n) is 13.8. The predicted molar refractivity (Wildman–Crippen MR) is 360 cm³/mol. The average molecular weight is 1190 g/mol. The van der Waals surface area contributed by atoms with Gasteiger partial charge in [-0.3, -0.25) is 0 Å². The Kier molecular flexibility index (Phi) is 12.3. The molecule has 14 heteroatoms. The van der Waals surface area contributed by atoms with Crippen LogP contribution in [0, 0.1) is 102 Å². The van der Waals surface area contributed by atoms with Crippen LogP contribution in [0.15, 0.2) is 218 Å². The van der Waals surface area contributed by atoms with Gasteiger partial charge in [0.05, 0.1) is 177 Å². The molecule has 16 rings (SSSR count). The van der Waals surface area contributed by atoms with Crippen molar-refractivity contribution in [2.24, 2.45) is 0 Å². The highest BCUT2D eigenvalue weighted by Crippen LogP contribution is 2.53. The van der Waals surface area contributed by atoms with Gasteiger partial charge in [-0.15, -0.1) is 0 Å². The molecule has 0 bridgehead atoms. The summed E-state index contributed by atoms with van der Waals surface area (Å²) in [7, 11) is 0. The van der Waals surface area contributed by atoms with Gasteiger partial charge in [-0.1, -0.05) is 60.7 Å². The van der Waals surface area contributed by atoms with Gasteiger partial charge in [0.15, 0.2) is 0 Å².